The van der Waals surface area contributed by atoms with Gasteiger partial charge in [0.1, 0.15) is 5.82 Å². The summed E-state index contributed by atoms with van der Waals surface area (Å²) in [5, 5.41) is 0. The van der Waals surface area contributed by atoms with E-state index in [1.54, 1.807) is 13.8 Å². The van der Waals surface area contributed by atoms with Gasteiger partial charge in [-0.25, -0.2) is 17.5 Å². The lowest BCUT2D eigenvalue weighted by atomic mass is 9.95. The molecule has 4 nitrogen and oxygen atoms in total. The Morgan fingerprint density at radius 1 is 1.29 bits per heavy atom. The number of halogens is 1. The van der Waals surface area contributed by atoms with Gasteiger partial charge in [-0.15, -0.1) is 0 Å². The number of hydrogen-bond acceptors (Lipinski definition) is 3. The molecule has 1 aromatic rings. The van der Waals surface area contributed by atoms with E-state index in [2.05, 4.69) is 4.72 Å². The van der Waals surface area contributed by atoms with Crippen LogP contribution in [-0.2, 0) is 14.8 Å². The molecule has 0 saturated carbocycles. The highest BCUT2D eigenvalue weighted by atomic mass is 32.2. The van der Waals surface area contributed by atoms with E-state index in [0.717, 1.165) is 0 Å². The van der Waals surface area contributed by atoms with Crippen LogP contribution in [-0.4, -0.2) is 26.7 Å². The molecule has 1 fully saturated rings. The minimum Gasteiger partial charge on any atom is -0.375 e. The van der Waals surface area contributed by atoms with E-state index in [4.69, 9.17) is 4.74 Å². The van der Waals surface area contributed by atoms with Gasteiger partial charge in [-0.1, -0.05) is 0 Å². The Morgan fingerprint density at radius 3 is 2.38 bits per heavy atom. The Kier molecular flexibility index (Phi) is 4.42. The van der Waals surface area contributed by atoms with Gasteiger partial charge < -0.3 is 4.74 Å². The van der Waals surface area contributed by atoms with E-state index in [9.17, 15) is 12.8 Å². The first-order valence-corrected chi connectivity index (χ1v) is 8.52. The second-order valence-electron chi connectivity index (χ2n) is 6.29. The molecule has 1 heterocycles. The zero-order chi connectivity index (χ0) is 15.8. The first-order chi connectivity index (χ1) is 9.61. The highest BCUT2D eigenvalue weighted by molar-refractivity contribution is 7.89. The number of sulfonamides is 1. The van der Waals surface area contributed by atoms with Crippen molar-refractivity contribution in [3.8, 4) is 0 Å². The number of hydrogen-bond donors (Lipinski definition) is 1. The Balaban J connectivity index is 2.27. The average molecular weight is 315 g/mol. The van der Waals surface area contributed by atoms with Crippen molar-refractivity contribution in [2.75, 3.05) is 6.61 Å². The number of aryl methyl sites for hydroxylation is 2. The van der Waals surface area contributed by atoms with E-state index in [1.165, 1.54) is 12.1 Å². The van der Waals surface area contributed by atoms with Crippen LogP contribution in [0.1, 0.15) is 37.8 Å². The molecular formula is C15H22FNO3S. The fourth-order valence-electron chi connectivity index (χ4n) is 2.93. The molecule has 1 saturated heterocycles. The maximum absolute atomic E-state index is 13.3. The van der Waals surface area contributed by atoms with E-state index in [0.29, 0.717) is 30.6 Å². The Morgan fingerprint density at radius 2 is 1.86 bits per heavy atom. The van der Waals surface area contributed by atoms with Crippen LogP contribution in [0.3, 0.4) is 0 Å². The summed E-state index contributed by atoms with van der Waals surface area (Å²) < 4.78 is 46.8. The van der Waals surface area contributed by atoms with Crippen LogP contribution < -0.4 is 4.72 Å². The summed E-state index contributed by atoms with van der Waals surface area (Å²) in [4.78, 5) is 0.174. The molecule has 2 rings (SSSR count). The number of benzene rings is 1. The van der Waals surface area contributed by atoms with Crippen molar-refractivity contribution in [1.82, 2.24) is 4.72 Å². The second-order valence-corrected chi connectivity index (χ2v) is 7.94. The molecule has 1 atom stereocenters. The standard InChI is InChI=1S/C15H22FNO3S/c1-10-7-12(16)8-11(2)14(10)21(18,19)17-13-5-6-20-15(3,4)9-13/h7-8,13,17H,5-6,9H2,1-4H3. The summed E-state index contributed by atoms with van der Waals surface area (Å²) in [7, 11) is -3.66. The van der Waals surface area contributed by atoms with Crippen molar-refractivity contribution in [2.24, 2.45) is 0 Å². The summed E-state index contributed by atoms with van der Waals surface area (Å²) in [6.45, 7) is 7.64. The molecule has 1 aromatic carbocycles. The normalized spacial score (nSPS) is 22.2. The molecule has 1 unspecified atom stereocenters. The molecule has 1 aliphatic rings. The first kappa shape index (κ1) is 16.4. The van der Waals surface area contributed by atoms with Crippen LogP contribution in [0.5, 0.6) is 0 Å². The predicted octanol–water partition coefficient (Wildman–Crippen LogP) is 2.68. The fraction of sp³-hybridized carbons (Fsp3) is 0.600. The minimum atomic E-state index is -3.66. The topological polar surface area (TPSA) is 55.4 Å². The van der Waals surface area contributed by atoms with Gasteiger partial charge in [0.25, 0.3) is 0 Å². The molecule has 6 heteroatoms. The van der Waals surface area contributed by atoms with E-state index < -0.39 is 15.8 Å². The maximum atomic E-state index is 13.3. The van der Waals surface area contributed by atoms with Gasteiger partial charge in [0.05, 0.1) is 10.5 Å². The van der Waals surface area contributed by atoms with Crippen LogP contribution in [0.4, 0.5) is 4.39 Å². The van der Waals surface area contributed by atoms with Gasteiger partial charge in [0, 0.05) is 12.6 Å². The lowest BCUT2D eigenvalue weighted by Gasteiger charge is -2.35. The molecular weight excluding hydrogens is 293 g/mol. The fourth-order valence-corrected chi connectivity index (χ4v) is 4.66. The molecule has 0 aromatic heterocycles. The molecule has 1 N–H and O–H groups in total. The number of rotatable bonds is 3. The maximum Gasteiger partial charge on any atom is 0.241 e. The van der Waals surface area contributed by atoms with Crippen LogP contribution in [0.2, 0.25) is 0 Å². The van der Waals surface area contributed by atoms with Crippen molar-refractivity contribution >= 4 is 10.0 Å². The molecule has 0 spiro atoms. The summed E-state index contributed by atoms with van der Waals surface area (Å²) in [5.74, 6) is -0.420. The third kappa shape index (κ3) is 3.81. The second kappa shape index (κ2) is 5.66. The van der Waals surface area contributed by atoms with Crippen molar-refractivity contribution in [2.45, 2.75) is 57.1 Å². The largest absolute Gasteiger partial charge is 0.375 e. The van der Waals surface area contributed by atoms with Crippen molar-refractivity contribution in [3.05, 3.63) is 29.1 Å². The number of ether oxygens (including phenoxy) is 1. The van der Waals surface area contributed by atoms with E-state index in [1.807, 2.05) is 13.8 Å². The van der Waals surface area contributed by atoms with Gasteiger partial charge in [0.15, 0.2) is 0 Å². The molecule has 0 aliphatic carbocycles. The molecule has 21 heavy (non-hydrogen) atoms. The smallest absolute Gasteiger partial charge is 0.241 e. The van der Waals surface area contributed by atoms with E-state index >= 15 is 0 Å². The monoisotopic (exact) mass is 315 g/mol. The molecule has 118 valence electrons. The van der Waals surface area contributed by atoms with Gasteiger partial charge in [-0.2, -0.15) is 0 Å². The Hall–Kier alpha value is -0.980. The van der Waals surface area contributed by atoms with Crippen LogP contribution in [0.25, 0.3) is 0 Å². The van der Waals surface area contributed by atoms with Crippen LogP contribution >= 0.6 is 0 Å². The zero-order valence-electron chi connectivity index (χ0n) is 12.9. The average Bonchev–Trinajstić information content (AvgIpc) is 2.23. The predicted molar refractivity (Wildman–Crippen MR) is 79.2 cm³/mol. The molecule has 1 aliphatic heterocycles. The third-order valence-electron chi connectivity index (χ3n) is 3.71. The van der Waals surface area contributed by atoms with Crippen LogP contribution in [0, 0.1) is 19.7 Å². The van der Waals surface area contributed by atoms with Crippen molar-refractivity contribution in [3.63, 3.8) is 0 Å². The number of nitrogens with one attached hydrogen (secondary N) is 1. The lowest BCUT2D eigenvalue weighted by Crippen LogP contribution is -2.45. The summed E-state index contributed by atoms with van der Waals surface area (Å²) in [5.41, 5.74) is 0.510. The lowest BCUT2D eigenvalue weighted by molar-refractivity contribution is -0.0599. The molecule has 0 radical (unpaired) electrons. The highest BCUT2D eigenvalue weighted by Crippen LogP contribution is 2.27. The Labute approximate surface area is 125 Å². The summed E-state index contributed by atoms with van der Waals surface area (Å²) in [6, 6.07) is 2.33. The van der Waals surface area contributed by atoms with Crippen molar-refractivity contribution in [1.29, 1.82) is 0 Å². The van der Waals surface area contributed by atoms with Crippen LogP contribution in [0.15, 0.2) is 17.0 Å². The molecule has 0 bridgehead atoms. The van der Waals surface area contributed by atoms with Gasteiger partial charge in [0.2, 0.25) is 10.0 Å². The van der Waals surface area contributed by atoms with Gasteiger partial charge in [-0.05, 0) is 63.8 Å². The SMILES string of the molecule is Cc1cc(F)cc(C)c1S(=O)(=O)NC1CCOC(C)(C)C1. The first-order valence-electron chi connectivity index (χ1n) is 7.04. The van der Waals surface area contributed by atoms with E-state index in [-0.39, 0.29) is 16.5 Å². The zero-order valence-corrected chi connectivity index (χ0v) is 13.7. The molecule has 0 amide bonds. The third-order valence-corrected chi connectivity index (χ3v) is 5.54. The summed E-state index contributed by atoms with van der Waals surface area (Å²) in [6.07, 6.45) is 1.26. The Bertz CT molecular complexity index is 617. The van der Waals surface area contributed by atoms with Gasteiger partial charge in [-0.3, -0.25) is 0 Å². The van der Waals surface area contributed by atoms with Gasteiger partial charge >= 0.3 is 0 Å². The quantitative estimate of drug-likeness (QED) is 0.933. The summed E-state index contributed by atoms with van der Waals surface area (Å²) >= 11 is 0. The minimum absolute atomic E-state index is 0.164. The van der Waals surface area contributed by atoms with Crippen molar-refractivity contribution < 1.29 is 17.5 Å². The highest BCUT2D eigenvalue weighted by Gasteiger charge is 2.32.